The summed E-state index contributed by atoms with van der Waals surface area (Å²) in [4.78, 5) is 52.8. The normalized spacial score (nSPS) is 51.5. The third-order valence-corrected chi connectivity index (χ3v) is 13.6. The van der Waals surface area contributed by atoms with Gasteiger partial charge >= 0.3 is 17.9 Å². The van der Waals surface area contributed by atoms with Gasteiger partial charge in [0.2, 0.25) is 0 Å². The van der Waals surface area contributed by atoms with Gasteiger partial charge in [0.05, 0.1) is 13.0 Å². The average Bonchev–Trinajstić information content (AvgIpc) is 3.86. The third-order valence-electron chi connectivity index (χ3n) is 13.6. The number of carbonyl (C=O) groups is 4. The maximum atomic E-state index is 14.3. The standard InChI is InChI=1S/C33H38O9/c1-12-17-10-21-30(4,19-9-20(19)32(21,39)11-41-14(3)34)22-8-16-15-7-18(15)31(5)24(16)25(33(17,22)42-29(12)38)23(26(35)27(31)36)13(2)28(37)40-6/h15,18-22,25,27,36,39H,7-11H2,1-6H3. The van der Waals surface area contributed by atoms with Crippen molar-refractivity contribution in [3.05, 3.63) is 33.4 Å². The van der Waals surface area contributed by atoms with Crippen LogP contribution in [0.2, 0.25) is 0 Å². The Labute approximate surface area is 244 Å². The van der Waals surface area contributed by atoms with E-state index in [9.17, 15) is 29.4 Å². The molecule has 224 valence electrons. The van der Waals surface area contributed by atoms with Gasteiger partial charge in [0, 0.05) is 40.9 Å². The van der Waals surface area contributed by atoms with Crippen LogP contribution in [0.5, 0.6) is 0 Å². The number of Topliss-reactive ketones (excluding diaryl/α,β-unsaturated/α-hetero) is 1. The van der Waals surface area contributed by atoms with Crippen LogP contribution in [0, 0.1) is 52.3 Å². The maximum absolute atomic E-state index is 14.3. The van der Waals surface area contributed by atoms with Gasteiger partial charge < -0.3 is 24.4 Å². The fourth-order valence-electron chi connectivity index (χ4n) is 11.7. The van der Waals surface area contributed by atoms with Gasteiger partial charge in [0.25, 0.3) is 0 Å². The fourth-order valence-corrected chi connectivity index (χ4v) is 11.7. The lowest BCUT2D eigenvalue weighted by molar-refractivity contribution is -0.191. The van der Waals surface area contributed by atoms with Crippen molar-refractivity contribution in [2.45, 2.75) is 77.6 Å². The maximum Gasteiger partial charge on any atom is 0.334 e. The minimum Gasteiger partial charge on any atom is -0.466 e. The van der Waals surface area contributed by atoms with E-state index in [0.717, 1.165) is 24.0 Å². The first kappa shape index (κ1) is 26.8. The molecule has 8 aliphatic rings. The quantitative estimate of drug-likeness (QED) is 0.224. The number of allylic oxidation sites excluding steroid dienone is 1. The average molecular weight is 579 g/mol. The predicted molar refractivity (Wildman–Crippen MR) is 145 cm³/mol. The Hall–Kier alpha value is -2.78. The minimum absolute atomic E-state index is 0.0427. The van der Waals surface area contributed by atoms with Crippen molar-refractivity contribution in [1.82, 2.24) is 0 Å². The molecule has 1 aliphatic heterocycles. The van der Waals surface area contributed by atoms with E-state index in [0.29, 0.717) is 18.4 Å². The van der Waals surface area contributed by atoms with Crippen molar-refractivity contribution < 1.29 is 43.6 Å². The van der Waals surface area contributed by atoms with E-state index in [1.54, 1.807) is 13.8 Å². The van der Waals surface area contributed by atoms with Crippen molar-refractivity contribution in [2.75, 3.05) is 13.7 Å². The Kier molecular flexibility index (Phi) is 4.88. The molecule has 12 atom stereocenters. The molecule has 9 nitrogen and oxygen atoms in total. The number of hydrogen-bond acceptors (Lipinski definition) is 9. The summed E-state index contributed by atoms with van der Waals surface area (Å²) in [6.07, 6.45) is 1.37. The SMILES string of the molecule is COC(=O)C(C)=C1C(=O)C(O)C2(C)C3=C(CC4C5(OC(=O)C(C)=C5CC5C(O)(COC(C)=O)C6CC6C54C)C13)C1CC12. The molecule has 0 bridgehead atoms. The summed E-state index contributed by atoms with van der Waals surface area (Å²) in [5, 5.41) is 23.9. The highest BCUT2D eigenvalue weighted by atomic mass is 16.6. The molecule has 7 aliphatic carbocycles. The van der Waals surface area contributed by atoms with Gasteiger partial charge in [-0.1, -0.05) is 19.4 Å². The zero-order valence-corrected chi connectivity index (χ0v) is 24.9. The largest absolute Gasteiger partial charge is 0.466 e. The topological polar surface area (TPSA) is 136 Å². The molecule has 42 heavy (non-hydrogen) atoms. The molecular weight excluding hydrogens is 540 g/mol. The predicted octanol–water partition coefficient (Wildman–Crippen LogP) is 2.59. The number of rotatable bonds is 3. The summed E-state index contributed by atoms with van der Waals surface area (Å²) in [7, 11) is 1.27. The minimum atomic E-state index is -1.30. The molecular formula is C33H38O9. The van der Waals surface area contributed by atoms with Crippen LogP contribution >= 0.6 is 0 Å². The van der Waals surface area contributed by atoms with Crippen molar-refractivity contribution in [3.63, 3.8) is 0 Å². The van der Waals surface area contributed by atoms with Gasteiger partial charge in [-0.25, -0.2) is 9.59 Å². The van der Waals surface area contributed by atoms with Crippen LogP contribution < -0.4 is 0 Å². The molecule has 0 saturated heterocycles. The van der Waals surface area contributed by atoms with Gasteiger partial charge in [0.15, 0.2) is 5.78 Å². The van der Waals surface area contributed by atoms with Crippen molar-refractivity contribution in [3.8, 4) is 0 Å². The van der Waals surface area contributed by atoms with E-state index in [-0.39, 0.29) is 53.3 Å². The molecule has 0 aromatic rings. The van der Waals surface area contributed by atoms with Gasteiger partial charge in [-0.15, -0.1) is 0 Å². The highest BCUT2D eigenvalue weighted by Gasteiger charge is 2.84. The Morgan fingerprint density at radius 3 is 2.43 bits per heavy atom. The summed E-state index contributed by atoms with van der Waals surface area (Å²) in [5.74, 6) is -2.86. The number of fused-ring (bicyclic) bond motifs is 7. The van der Waals surface area contributed by atoms with E-state index >= 15 is 0 Å². The molecule has 8 rings (SSSR count). The van der Waals surface area contributed by atoms with E-state index in [1.807, 2.05) is 6.92 Å². The lowest BCUT2D eigenvalue weighted by atomic mass is 9.42. The Morgan fingerprint density at radius 2 is 1.76 bits per heavy atom. The first-order valence-electron chi connectivity index (χ1n) is 15.2. The number of ketones is 1. The fraction of sp³-hybridized carbons (Fsp3) is 0.697. The van der Waals surface area contributed by atoms with Crippen LogP contribution in [0.4, 0.5) is 0 Å². The summed E-state index contributed by atoms with van der Waals surface area (Å²) >= 11 is 0. The molecule has 2 N–H and O–H groups in total. The highest BCUT2D eigenvalue weighted by molar-refractivity contribution is 6.09. The first-order chi connectivity index (χ1) is 19.7. The zero-order chi connectivity index (χ0) is 30.0. The van der Waals surface area contributed by atoms with Crippen LogP contribution in [0.3, 0.4) is 0 Å². The second-order valence-electron chi connectivity index (χ2n) is 14.8. The number of carbonyl (C=O) groups excluding carboxylic acids is 4. The molecule has 0 aromatic carbocycles. The highest BCUT2D eigenvalue weighted by Crippen LogP contribution is 2.83. The molecule has 9 heteroatoms. The molecule has 0 amide bonds. The van der Waals surface area contributed by atoms with E-state index < -0.39 is 57.7 Å². The number of ether oxygens (including phenoxy) is 3. The van der Waals surface area contributed by atoms with Crippen LogP contribution in [0.25, 0.3) is 0 Å². The third kappa shape index (κ3) is 2.63. The van der Waals surface area contributed by atoms with Crippen molar-refractivity contribution >= 4 is 23.7 Å². The van der Waals surface area contributed by atoms with Gasteiger partial charge in [-0.3, -0.25) is 9.59 Å². The Morgan fingerprint density at radius 1 is 1.05 bits per heavy atom. The number of aliphatic hydroxyl groups is 2. The van der Waals surface area contributed by atoms with Gasteiger partial charge in [-0.2, -0.15) is 0 Å². The summed E-state index contributed by atoms with van der Waals surface area (Å²) in [6.45, 7) is 8.73. The van der Waals surface area contributed by atoms with E-state index in [4.69, 9.17) is 14.2 Å². The summed E-state index contributed by atoms with van der Waals surface area (Å²) in [6, 6.07) is 0. The second-order valence-corrected chi connectivity index (χ2v) is 14.8. The Balaban J connectivity index is 1.40. The van der Waals surface area contributed by atoms with E-state index in [1.165, 1.54) is 19.6 Å². The van der Waals surface area contributed by atoms with Gasteiger partial charge in [0.1, 0.15) is 23.9 Å². The van der Waals surface area contributed by atoms with Crippen LogP contribution in [0.1, 0.15) is 60.3 Å². The van der Waals surface area contributed by atoms with E-state index in [2.05, 4.69) is 6.92 Å². The molecule has 0 aromatic heterocycles. The van der Waals surface area contributed by atoms with Gasteiger partial charge in [-0.05, 0) is 79.8 Å². The number of hydrogen-bond donors (Lipinski definition) is 2. The number of esters is 3. The summed E-state index contributed by atoms with van der Waals surface area (Å²) in [5.41, 5.74) is -0.00747. The smallest absolute Gasteiger partial charge is 0.334 e. The lowest BCUT2D eigenvalue weighted by Gasteiger charge is -2.63. The molecule has 5 saturated carbocycles. The molecule has 0 radical (unpaired) electrons. The number of aliphatic hydroxyl groups excluding tert-OH is 1. The zero-order valence-electron chi connectivity index (χ0n) is 24.9. The van der Waals surface area contributed by atoms with Crippen LogP contribution in [0.15, 0.2) is 33.4 Å². The lowest BCUT2D eigenvalue weighted by Crippen LogP contribution is -2.67. The second kappa shape index (κ2) is 7.65. The van der Waals surface area contributed by atoms with Crippen LogP contribution in [-0.4, -0.2) is 64.9 Å². The van der Waals surface area contributed by atoms with Crippen molar-refractivity contribution in [1.29, 1.82) is 0 Å². The molecule has 1 spiro atoms. The molecule has 12 unspecified atom stereocenters. The summed E-state index contributed by atoms with van der Waals surface area (Å²) < 4.78 is 17.1. The van der Waals surface area contributed by atoms with Crippen LogP contribution in [-0.2, 0) is 33.4 Å². The Bertz CT molecular complexity index is 1530. The monoisotopic (exact) mass is 578 g/mol. The number of methoxy groups -OCH3 is 1. The molecule has 5 fully saturated rings. The molecule has 1 heterocycles. The van der Waals surface area contributed by atoms with Crippen molar-refractivity contribution in [2.24, 2.45) is 52.3 Å². The first-order valence-corrected chi connectivity index (χ1v) is 15.2.